The number of hydrogen-bond acceptors (Lipinski definition) is 6. The van der Waals surface area contributed by atoms with E-state index in [9.17, 15) is 4.79 Å². The van der Waals surface area contributed by atoms with Gasteiger partial charge in [0.05, 0.1) is 11.2 Å². The highest BCUT2D eigenvalue weighted by atomic mass is 79.9. The SMILES string of the molecule is CC(C)(C)OC(=O)N1CCC[C@H](Nc2ncc3c(n2)-c2c(n(COCC[Si](C)(C)C)c4c(Br)cccc24)CCC3)C1. The molecule has 1 aliphatic carbocycles. The van der Waals surface area contributed by atoms with Crippen molar-refractivity contribution in [2.75, 3.05) is 25.0 Å². The second-order valence-electron chi connectivity index (χ2n) is 13.6. The van der Waals surface area contributed by atoms with Crippen molar-refractivity contribution in [3.05, 3.63) is 40.1 Å². The normalized spacial score (nSPS) is 17.6. The predicted molar refractivity (Wildman–Crippen MR) is 171 cm³/mol. The molecule has 1 fully saturated rings. The Morgan fingerprint density at radius 3 is 2.76 bits per heavy atom. The molecule has 8 nitrogen and oxygen atoms in total. The second kappa shape index (κ2) is 12.0. The van der Waals surface area contributed by atoms with Gasteiger partial charge in [0, 0.05) is 61.1 Å². The van der Waals surface area contributed by atoms with Gasteiger partial charge >= 0.3 is 6.09 Å². The Kier molecular flexibility index (Phi) is 8.83. The summed E-state index contributed by atoms with van der Waals surface area (Å²) in [6.07, 6.45) is 6.51. The highest BCUT2D eigenvalue weighted by molar-refractivity contribution is 9.10. The Labute approximate surface area is 253 Å². The highest BCUT2D eigenvalue weighted by Gasteiger charge is 2.29. The Hall–Kier alpha value is -2.43. The maximum Gasteiger partial charge on any atom is 0.410 e. The fourth-order valence-corrected chi connectivity index (χ4v) is 7.05. The summed E-state index contributed by atoms with van der Waals surface area (Å²) in [6.45, 7) is 15.4. The van der Waals surface area contributed by atoms with E-state index < -0.39 is 13.7 Å². The molecule has 1 atom stereocenters. The Bertz CT molecular complexity index is 1410. The maximum absolute atomic E-state index is 12.7. The number of carbonyl (C=O) groups is 1. The van der Waals surface area contributed by atoms with Crippen molar-refractivity contribution in [3.8, 4) is 11.3 Å². The first-order valence-electron chi connectivity index (χ1n) is 14.9. The lowest BCUT2D eigenvalue weighted by Crippen LogP contribution is -2.47. The monoisotopic (exact) mass is 641 g/mol. The topological polar surface area (TPSA) is 81.5 Å². The maximum atomic E-state index is 12.7. The van der Waals surface area contributed by atoms with Crippen molar-refractivity contribution < 1.29 is 14.3 Å². The number of fused-ring (bicyclic) bond motifs is 5. The number of aromatic nitrogens is 3. The summed E-state index contributed by atoms with van der Waals surface area (Å²) in [7, 11) is -1.17. The standard InChI is InChI=1S/C31H44BrN5O3Si/c1-31(2,3)40-30(38)36-15-9-11-22(19-36)34-29-33-18-21-10-7-14-25-26(27(21)35-29)23-12-8-13-24(32)28(23)37(25)20-39-16-17-41(4,5)6/h8,12-13,18,22H,7,9-11,14-17,19-20H2,1-6H3,(H,33,34,35)/t22-/m0/s1. The second-order valence-corrected chi connectivity index (χ2v) is 20.0. The third-order valence-corrected chi connectivity index (χ3v) is 10.1. The lowest BCUT2D eigenvalue weighted by molar-refractivity contribution is 0.0206. The number of carbonyl (C=O) groups excluding carboxylic acids is 1. The molecule has 0 bridgehead atoms. The van der Waals surface area contributed by atoms with E-state index >= 15 is 0 Å². The average molecular weight is 643 g/mol. The van der Waals surface area contributed by atoms with Gasteiger partial charge in [-0.2, -0.15) is 0 Å². The number of hydrogen-bond donors (Lipinski definition) is 1. The van der Waals surface area contributed by atoms with Gasteiger partial charge in [-0.25, -0.2) is 14.8 Å². The molecule has 3 aromatic rings. The number of para-hydroxylation sites is 1. The molecule has 0 saturated carbocycles. The number of amides is 1. The van der Waals surface area contributed by atoms with Crippen LogP contribution in [-0.2, 0) is 29.0 Å². The van der Waals surface area contributed by atoms with Gasteiger partial charge < -0.3 is 24.3 Å². The third-order valence-electron chi connectivity index (χ3n) is 7.72. The summed E-state index contributed by atoms with van der Waals surface area (Å²) in [5.74, 6) is 0.606. The molecular formula is C31H44BrN5O3Si. The number of rotatable bonds is 7. The van der Waals surface area contributed by atoms with Gasteiger partial charge in [0.15, 0.2) is 0 Å². The summed E-state index contributed by atoms with van der Waals surface area (Å²) < 4.78 is 15.3. The number of aryl methyl sites for hydroxylation is 1. The Morgan fingerprint density at radius 1 is 1.20 bits per heavy atom. The molecule has 0 unspecified atom stereocenters. The summed E-state index contributed by atoms with van der Waals surface area (Å²) >= 11 is 3.83. The lowest BCUT2D eigenvalue weighted by Gasteiger charge is -2.34. The van der Waals surface area contributed by atoms with Crippen LogP contribution < -0.4 is 5.32 Å². The molecule has 41 heavy (non-hydrogen) atoms. The lowest BCUT2D eigenvalue weighted by atomic mass is 10.0. The molecule has 1 saturated heterocycles. The fourth-order valence-electron chi connectivity index (χ4n) is 5.71. The van der Waals surface area contributed by atoms with Crippen molar-refractivity contribution in [1.82, 2.24) is 19.4 Å². The van der Waals surface area contributed by atoms with Gasteiger partial charge in [-0.3, -0.25) is 0 Å². The van der Waals surface area contributed by atoms with Crippen LogP contribution in [0, 0.1) is 0 Å². The van der Waals surface area contributed by atoms with Crippen LogP contribution in [-0.4, -0.2) is 64.9 Å². The van der Waals surface area contributed by atoms with E-state index in [1.807, 2.05) is 27.0 Å². The van der Waals surface area contributed by atoms with E-state index in [4.69, 9.17) is 19.4 Å². The van der Waals surface area contributed by atoms with Crippen LogP contribution in [0.5, 0.6) is 0 Å². The van der Waals surface area contributed by atoms with E-state index in [0.717, 1.165) is 60.4 Å². The molecular weight excluding hydrogens is 598 g/mol. The number of nitrogens with zero attached hydrogens (tertiary/aromatic N) is 4. The zero-order chi connectivity index (χ0) is 29.4. The molecule has 3 heterocycles. The molecule has 0 spiro atoms. The van der Waals surface area contributed by atoms with Crippen LogP contribution in [0.3, 0.4) is 0 Å². The molecule has 1 aromatic carbocycles. The minimum absolute atomic E-state index is 0.0646. The van der Waals surface area contributed by atoms with Crippen LogP contribution >= 0.6 is 15.9 Å². The summed E-state index contributed by atoms with van der Waals surface area (Å²) in [4.78, 5) is 24.4. The molecule has 1 amide bonds. The zero-order valence-corrected chi connectivity index (χ0v) is 27.9. The number of benzene rings is 1. The molecule has 1 N–H and O–H groups in total. The minimum atomic E-state index is -1.17. The highest BCUT2D eigenvalue weighted by Crippen LogP contribution is 2.41. The van der Waals surface area contributed by atoms with E-state index in [2.05, 4.69) is 63.7 Å². The first-order chi connectivity index (χ1) is 19.4. The van der Waals surface area contributed by atoms with Crippen molar-refractivity contribution in [2.24, 2.45) is 0 Å². The number of piperidine rings is 1. The zero-order valence-electron chi connectivity index (χ0n) is 25.3. The molecule has 2 aliphatic rings. The van der Waals surface area contributed by atoms with Crippen LogP contribution in [0.2, 0.25) is 25.7 Å². The van der Waals surface area contributed by atoms with Crippen LogP contribution in [0.15, 0.2) is 28.9 Å². The summed E-state index contributed by atoms with van der Waals surface area (Å²) in [6, 6.07) is 7.61. The smallest absolute Gasteiger partial charge is 0.410 e. The van der Waals surface area contributed by atoms with Crippen molar-refractivity contribution in [3.63, 3.8) is 0 Å². The average Bonchev–Trinajstić information content (AvgIpc) is 3.07. The van der Waals surface area contributed by atoms with Crippen LogP contribution in [0.4, 0.5) is 10.7 Å². The predicted octanol–water partition coefficient (Wildman–Crippen LogP) is 7.47. The molecule has 5 rings (SSSR count). The van der Waals surface area contributed by atoms with Crippen LogP contribution in [0.25, 0.3) is 22.2 Å². The molecule has 222 valence electrons. The van der Waals surface area contributed by atoms with Gasteiger partial charge in [0.2, 0.25) is 5.95 Å². The summed E-state index contributed by atoms with van der Waals surface area (Å²) in [5.41, 5.74) is 5.28. The van der Waals surface area contributed by atoms with Gasteiger partial charge in [0.25, 0.3) is 0 Å². The van der Waals surface area contributed by atoms with Crippen LogP contribution in [0.1, 0.15) is 51.3 Å². The molecule has 0 radical (unpaired) electrons. The first kappa shape index (κ1) is 30.0. The number of nitrogens with one attached hydrogen (secondary N) is 1. The number of likely N-dealkylation sites (tertiary alicyclic amines) is 1. The summed E-state index contributed by atoms with van der Waals surface area (Å²) in [5, 5.41) is 4.73. The minimum Gasteiger partial charge on any atom is -0.444 e. The van der Waals surface area contributed by atoms with E-state index in [1.165, 1.54) is 22.2 Å². The number of ether oxygens (including phenoxy) is 2. The van der Waals surface area contributed by atoms with Gasteiger partial charge in [-0.1, -0.05) is 31.8 Å². The first-order valence-corrected chi connectivity index (χ1v) is 19.4. The van der Waals surface area contributed by atoms with Crippen molar-refractivity contribution in [1.29, 1.82) is 0 Å². The van der Waals surface area contributed by atoms with Crippen molar-refractivity contribution >= 4 is 46.9 Å². The number of halogens is 1. The van der Waals surface area contributed by atoms with E-state index in [-0.39, 0.29) is 12.1 Å². The van der Waals surface area contributed by atoms with Crippen molar-refractivity contribution in [2.45, 2.75) is 96.9 Å². The van der Waals surface area contributed by atoms with Gasteiger partial charge in [-0.15, -0.1) is 0 Å². The van der Waals surface area contributed by atoms with E-state index in [0.29, 0.717) is 25.8 Å². The van der Waals surface area contributed by atoms with E-state index in [1.54, 1.807) is 4.90 Å². The number of anilines is 1. The Morgan fingerprint density at radius 2 is 2.00 bits per heavy atom. The third kappa shape index (κ3) is 7.14. The molecule has 10 heteroatoms. The quantitative estimate of drug-likeness (QED) is 0.213. The molecule has 2 aromatic heterocycles. The van der Waals surface area contributed by atoms with Gasteiger partial charge in [-0.05, 0) is 86.5 Å². The fraction of sp³-hybridized carbons (Fsp3) is 0.581. The Balaban J connectivity index is 1.43. The molecule has 1 aliphatic heterocycles. The van der Waals surface area contributed by atoms with Gasteiger partial charge in [0.1, 0.15) is 12.3 Å². The largest absolute Gasteiger partial charge is 0.444 e.